The van der Waals surface area contributed by atoms with Crippen molar-refractivity contribution in [2.75, 3.05) is 31.5 Å². The first kappa shape index (κ1) is 25.5. The number of amides is 1. The van der Waals surface area contributed by atoms with E-state index in [4.69, 9.17) is 11.6 Å². The van der Waals surface area contributed by atoms with Crippen molar-refractivity contribution in [2.45, 2.75) is 11.4 Å². The van der Waals surface area contributed by atoms with E-state index in [1.54, 1.807) is 54.6 Å². The highest BCUT2D eigenvalue weighted by Crippen LogP contribution is 2.27. The molecule has 1 amide bonds. The number of carbonyl (C=O) groups is 1. The van der Waals surface area contributed by atoms with Gasteiger partial charge in [0, 0.05) is 48.9 Å². The summed E-state index contributed by atoms with van der Waals surface area (Å²) in [6.45, 7) is 2.85. The van der Waals surface area contributed by atoms with Gasteiger partial charge >= 0.3 is 0 Å². The number of sulfonamides is 1. The summed E-state index contributed by atoms with van der Waals surface area (Å²) < 4.78 is 27.2. The van der Waals surface area contributed by atoms with Gasteiger partial charge in [0.1, 0.15) is 5.01 Å². The van der Waals surface area contributed by atoms with Gasteiger partial charge in [-0.05, 0) is 42.0 Å². The van der Waals surface area contributed by atoms with Crippen LogP contribution in [0.3, 0.4) is 0 Å². The normalized spacial score (nSPS) is 14.9. The minimum atomic E-state index is -3.47. The van der Waals surface area contributed by atoms with Gasteiger partial charge in [-0.15, -0.1) is 10.2 Å². The second kappa shape index (κ2) is 11.1. The van der Waals surface area contributed by atoms with Crippen molar-refractivity contribution in [3.05, 3.63) is 95.0 Å². The largest absolute Gasteiger partial charge is 0.296 e. The van der Waals surface area contributed by atoms with Gasteiger partial charge in [0.25, 0.3) is 5.91 Å². The topological polar surface area (TPSA) is 95.5 Å². The molecule has 0 radical (unpaired) electrons. The Balaban J connectivity index is 1.14. The van der Waals surface area contributed by atoms with Gasteiger partial charge in [-0.25, -0.2) is 8.42 Å². The molecule has 2 heterocycles. The molecular formula is C26H24ClN5O3S2. The van der Waals surface area contributed by atoms with Gasteiger partial charge in [-0.3, -0.25) is 15.0 Å². The van der Waals surface area contributed by atoms with Crippen molar-refractivity contribution in [1.29, 1.82) is 0 Å². The van der Waals surface area contributed by atoms with E-state index in [0.717, 1.165) is 11.1 Å². The molecule has 3 aromatic carbocycles. The van der Waals surface area contributed by atoms with Crippen LogP contribution >= 0.6 is 22.9 Å². The number of benzene rings is 3. The van der Waals surface area contributed by atoms with E-state index in [1.165, 1.54) is 15.6 Å². The average Bonchev–Trinajstić information content (AvgIpc) is 3.39. The van der Waals surface area contributed by atoms with Gasteiger partial charge in [0.05, 0.1) is 4.90 Å². The third-order valence-corrected chi connectivity index (χ3v) is 9.12. The molecule has 0 atom stereocenters. The summed E-state index contributed by atoms with van der Waals surface area (Å²) in [5.41, 5.74) is 2.45. The first-order valence-electron chi connectivity index (χ1n) is 11.7. The van der Waals surface area contributed by atoms with Crippen molar-refractivity contribution < 1.29 is 13.2 Å². The molecule has 5 rings (SSSR count). The van der Waals surface area contributed by atoms with Gasteiger partial charge in [0.2, 0.25) is 15.2 Å². The summed E-state index contributed by atoms with van der Waals surface area (Å²) in [7, 11) is -3.47. The molecule has 190 valence electrons. The number of carbonyl (C=O) groups excluding carboxylic acids is 1. The first-order valence-corrected chi connectivity index (χ1v) is 14.3. The van der Waals surface area contributed by atoms with Crippen molar-refractivity contribution in [2.24, 2.45) is 0 Å². The minimum Gasteiger partial charge on any atom is -0.296 e. The first-order chi connectivity index (χ1) is 17.9. The maximum absolute atomic E-state index is 12.8. The molecule has 0 bridgehead atoms. The van der Waals surface area contributed by atoms with Crippen LogP contribution in [0.15, 0.2) is 83.8 Å². The van der Waals surface area contributed by atoms with E-state index in [2.05, 4.69) is 20.4 Å². The number of piperazine rings is 1. The van der Waals surface area contributed by atoms with Crippen molar-refractivity contribution >= 4 is 44.0 Å². The van der Waals surface area contributed by atoms with Crippen LogP contribution in [0.25, 0.3) is 10.6 Å². The Labute approximate surface area is 224 Å². The number of halogens is 1. The Morgan fingerprint density at radius 2 is 1.57 bits per heavy atom. The summed E-state index contributed by atoms with van der Waals surface area (Å²) in [5, 5.41) is 12.8. The quantitative estimate of drug-likeness (QED) is 0.359. The molecule has 0 saturated carbocycles. The monoisotopic (exact) mass is 553 g/mol. The maximum atomic E-state index is 12.8. The minimum absolute atomic E-state index is 0.259. The number of anilines is 1. The van der Waals surface area contributed by atoms with Crippen molar-refractivity contribution in [3.63, 3.8) is 0 Å². The maximum Gasteiger partial charge on any atom is 0.257 e. The molecule has 4 aromatic rings. The second-order valence-electron chi connectivity index (χ2n) is 8.56. The summed E-state index contributed by atoms with van der Waals surface area (Å²) in [5.74, 6) is -0.259. The Hall–Kier alpha value is -3.15. The molecule has 1 aromatic heterocycles. The Bertz CT molecular complexity index is 1470. The molecule has 1 saturated heterocycles. The van der Waals surface area contributed by atoms with Gasteiger partial charge in [-0.1, -0.05) is 65.4 Å². The molecule has 1 aliphatic rings. The lowest BCUT2D eigenvalue weighted by Crippen LogP contribution is -2.48. The molecule has 1 fully saturated rings. The molecule has 37 heavy (non-hydrogen) atoms. The number of hydrogen-bond acceptors (Lipinski definition) is 7. The summed E-state index contributed by atoms with van der Waals surface area (Å²) in [4.78, 5) is 15.2. The Kier molecular flexibility index (Phi) is 7.63. The molecule has 1 N–H and O–H groups in total. The molecule has 11 heteroatoms. The lowest BCUT2D eigenvalue weighted by atomic mass is 10.1. The number of aromatic nitrogens is 2. The highest BCUT2D eigenvalue weighted by atomic mass is 35.5. The molecule has 0 spiro atoms. The van der Waals surface area contributed by atoms with Gasteiger partial charge in [0.15, 0.2) is 0 Å². The number of rotatable bonds is 7. The average molecular weight is 554 g/mol. The van der Waals surface area contributed by atoms with E-state index in [-0.39, 0.29) is 5.91 Å². The van der Waals surface area contributed by atoms with E-state index in [1.807, 2.05) is 24.3 Å². The fraction of sp³-hybridized carbons (Fsp3) is 0.192. The highest BCUT2D eigenvalue weighted by molar-refractivity contribution is 7.89. The third kappa shape index (κ3) is 6.06. The van der Waals surface area contributed by atoms with Crippen LogP contribution in [-0.2, 0) is 16.6 Å². The van der Waals surface area contributed by atoms with E-state index < -0.39 is 10.0 Å². The highest BCUT2D eigenvalue weighted by Gasteiger charge is 2.28. The Morgan fingerprint density at radius 1 is 0.892 bits per heavy atom. The standard InChI is InChI=1S/C26H24ClN5O3S2/c27-22-12-10-21(11-13-22)25-29-30-26(36-25)28-24(33)20-8-6-19(7-9-20)18-31-14-16-32(17-15-31)37(34,35)23-4-2-1-3-5-23/h1-13H,14-18H2,(H,28,30,33). The van der Waals surface area contributed by atoms with Crippen LogP contribution in [-0.4, -0.2) is 59.9 Å². The molecule has 0 aliphatic carbocycles. The van der Waals surface area contributed by atoms with E-state index in [9.17, 15) is 13.2 Å². The van der Waals surface area contributed by atoms with Crippen LogP contribution in [0.1, 0.15) is 15.9 Å². The smallest absolute Gasteiger partial charge is 0.257 e. The Morgan fingerprint density at radius 3 is 2.24 bits per heavy atom. The zero-order chi connectivity index (χ0) is 25.8. The second-order valence-corrected chi connectivity index (χ2v) is 11.9. The zero-order valence-electron chi connectivity index (χ0n) is 19.7. The van der Waals surface area contributed by atoms with E-state index in [0.29, 0.717) is 58.3 Å². The number of hydrogen-bond donors (Lipinski definition) is 1. The predicted octanol–water partition coefficient (Wildman–Crippen LogP) is 4.62. The van der Waals surface area contributed by atoms with Crippen LogP contribution < -0.4 is 5.32 Å². The number of nitrogens with one attached hydrogen (secondary N) is 1. The van der Waals surface area contributed by atoms with Gasteiger partial charge < -0.3 is 0 Å². The van der Waals surface area contributed by atoms with E-state index >= 15 is 0 Å². The molecule has 8 nitrogen and oxygen atoms in total. The fourth-order valence-electron chi connectivity index (χ4n) is 4.04. The van der Waals surface area contributed by atoms with Crippen molar-refractivity contribution in [3.8, 4) is 10.6 Å². The SMILES string of the molecule is O=C(Nc1nnc(-c2ccc(Cl)cc2)s1)c1ccc(CN2CCN(S(=O)(=O)c3ccccc3)CC2)cc1. The molecule has 0 unspecified atom stereocenters. The summed E-state index contributed by atoms with van der Waals surface area (Å²) in [6, 6.07) is 23.2. The summed E-state index contributed by atoms with van der Waals surface area (Å²) >= 11 is 7.22. The predicted molar refractivity (Wildman–Crippen MR) is 145 cm³/mol. The number of nitrogens with zero attached hydrogens (tertiary/aromatic N) is 4. The molecule has 1 aliphatic heterocycles. The lowest BCUT2D eigenvalue weighted by Gasteiger charge is -2.34. The summed E-state index contributed by atoms with van der Waals surface area (Å²) in [6.07, 6.45) is 0. The zero-order valence-corrected chi connectivity index (χ0v) is 22.1. The molecular weight excluding hydrogens is 530 g/mol. The lowest BCUT2D eigenvalue weighted by molar-refractivity contribution is 0.102. The van der Waals surface area contributed by atoms with Crippen molar-refractivity contribution in [1.82, 2.24) is 19.4 Å². The van der Waals surface area contributed by atoms with Crippen LogP contribution in [0, 0.1) is 0 Å². The van der Waals surface area contributed by atoms with Crippen LogP contribution in [0.4, 0.5) is 5.13 Å². The third-order valence-electron chi connectivity index (χ3n) is 6.07. The fourth-order valence-corrected chi connectivity index (χ4v) is 6.35. The van der Waals surface area contributed by atoms with Crippen LogP contribution in [0.2, 0.25) is 5.02 Å². The van der Waals surface area contributed by atoms with Crippen LogP contribution in [0.5, 0.6) is 0 Å². The van der Waals surface area contributed by atoms with Gasteiger partial charge in [-0.2, -0.15) is 4.31 Å².